The van der Waals surface area contributed by atoms with E-state index in [0.717, 1.165) is 18.8 Å². The van der Waals surface area contributed by atoms with Gasteiger partial charge in [0.1, 0.15) is 0 Å². The second-order valence-corrected chi connectivity index (χ2v) is 5.76. The van der Waals surface area contributed by atoms with Crippen molar-refractivity contribution in [3.63, 3.8) is 0 Å². The number of thioether (sulfide) groups is 1. The Morgan fingerprint density at radius 1 is 1.00 bits per heavy atom. The van der Waals surface area contributed by atoms with Crippen LogP contribution in [0.4, 0.5) is 0 Å². The lowest BCUT2D eigenvalue weighted by molar-refractivity contribution is 0.185. The SMILES string of the molecule is COCc1cccc(CNCCSc2ccccc2)c1. The molecule has 0 fully saturated rings. The summed E-state index contributed by atoms with van der Waals surface area (Å²) in [6.45, 7) is 2.60. The standard InChI is InChI=1S/C17H21NOS/c1-19-14-16-7-5-6-15(12-16)13-18-10-11-20-17-8-3-2-4-9-17/h2-9,12,18H,10-11,13-14H2,1H3. The number of methoxy groups -OCH3 is 1. The van der Waals surface area contributed by atoms with Crippen LogP contribution in [0.5, 0.6) is 0 Å². The molecule has 2 aromatic carbocycles. The maximum atomic E-state index is 5.15. The zero-order valence-corrected chi connectivity index (χ0v) is 12.7. The monoisotopic (exact) mass is 287 g/mol. The average Bonchev–Trinajstić information content (AvgIpc) is 2.49. The van der Waals surface area contributed by atoms with Crippen molar-refractivity contribution < 1.29 is 4.74 Å². The first kappa shape index (κ1) is 15.1. The van der Waals surface area contributed by atoms with Gasteiger partial charge < -0.3 is 10.1 Å². The van der Waals surface area contributed by atoms with Crippen molar-refractivity contribution in [3.05, 3.63) is 65.7 Å². The zero-order valence-electron chi connectivity index (χ0n) is 11.8. The molecule has 0 saturated heterocycles. The first-order chi connectivity index (χ1) is 9.88. The Bertz CT molecular complexity index is 501. The van der Waals surface area contributed by atoms with E-state index in [0.29, 0.717) is 6.61 Å². The van der Waals surface area contributed by atoms with Gasteiger partial charge in [0.05, 0.1) is 6.61 Å². The molecule has 0 amide bonds. The molecule has 20 heavy (non-hydrogen) atoms. The van der Waals surface area contributed by atoms with Crippen LogP contribution in [-0.2, 0) is 17.9 Å². The molecule has 2 rings (SSSR count). The van der Waals surface area contributed by atoms with E-state index in [9.17, 15) is 0 Å². The summed E-state index contributed by atoms with van der Waals surface area (Å²) in [5.74, 6) is 1.09. The maximum Gasteiger partial charge on any atom is 0.0713 e. The zero-order chi connectivity index (χ0) is 14.0. The third kappa shape index (κ3) is 5.37. The van der Waals surface area contributed by atoms with Gasteiger partial charge in [-0.2, -0.15) is 0 Å². The van der Waals surface area contributed by atoms with E-state index in [4.69, 9.17) is 4.74 Å². The lowest BCUT2D eigenvalue weighted by Gasteiger charge is -2.07. The molecular weight excluding hydrogens is 266 g/mol. The van der Waals surface area contributed by atoms with Crippen LogP contribution in [0.15, 0.2) is 59.5 Å². The van der Waals surface area contributed by atoms with Gasteiger partial charge in [-0.3, -0.25) is 0 Å². The number of benzene rings is 2. The van der Waals surface area contributed by atoms with Gasteiger partial charge in [-0.25, -0.2) is 0 Å². The molecule has 0 aliphatic carbocycles. The normalized spacial score (nSPS) is 10.7. The summed E-state index contributed by atoms with van der Waals surface area (Å²) in [6.07, 6.45) is 0. The van der Waals surface area contributed by atoms with Crippen molar-refractivity contribution in [2.45, 2.75) is 18.0 Å². The first-order valence-corrected chi connectivity index (χ1v) is 7.82. The number of nitrogens with one attached hydrogen (secondary N) is 1. The lowest BCUT2D eigenvalue weighted by Crippen LogP contribution is -2.16. The van der Waals surface area contributed by atoms with Gasteiger partial charge in [0.2, 0.25) is 0 Å². The molecule has 0 radical (unpaired) electrons. The smallest absolute Gasteiger partial charge is 0.0713 e. The number of ether oxygens (including phenoxy) is 1. The molecule has 0 heterocycles. The Morgan fingerprint density at radius 3 is 2.60 bits per heavy atom. The van der Waals surface area contributed by atoms with Crippen LogP contribution in [0.1, 0.15) is 11.1 Å². The Labute approximate surface area is 125 Å². The minimum absolute atomic E-state index is 0.678. The van der Waals surface area contributed by atoms with Crippen LogP contribution < -0.4 is 5.32 Å². The maximum absolute atomic E-state index is 5.15. The Hall–Kier alpha value is -1.29. The van der Waals surface area contributed by atoms with E-state index >= 15 is 0 Å². The number of hydrogen-bond acceptors (Lipinski definition) is 3. The minimum Gasteiger partial charge on any atom is -0.380 e. The van der Waals surface area contributed by atoms with Crippen LogP contribution in [0.25, 0.3) is 0 Å². The summed E-state index contributed by atoms with van der Waals surface area (Å²) in [7, 11) is 1.73. The highest BCUT2D eigenvalue weighted by molar-refractivity contribution is 7.99. The second-order valence-electron chi connectivity index (χ2n) is 4.59. The van der Waals surface area contributed by atoms with Gasteiger partial charge in [0.25, 0.3) is 0 Å². The molecule has 0 bridgehead atoms. The van der Waals surface area contributed by atoms with Gasteiger partial charge >= 0.3 is 0 Å². The molecule has 0 aliphatic heterocycles. The van der Waals surface area contributed by atoms with E-state index in [-0.39, 0.29) is 0 Å². The van der Waals surface area contributed by atoms with Crippen molar-refractivity contribution in [2.75, 3.05) is 19.4 Å². The molecule has 106 valence electrons. The van der Waals surface area contributed by atoms with Crippen LogP contribution in [0.2, 0.25) is 0 Å². The number of hydrogen-bond donors (Lipinski definition) is 1. The molecule has 0 spiro atoms. The van der Waals surface area contributed by atoms with Gasteiger partial charge in [0.15, 0.2) is 0 Å². The van der Waals surface area contributed by atoms with Crippen molar-refractivity contribution in [2.24, 2.45) is 0 Å². The highest BCUT2D eigenvalue weighted by Crippen LogP contribution is 2.15. The molecule has 1 N–H and O–H groups in total. The summed E-state index contributed by atoms with van der Waals surface area (Å²) < 4.78 is 5.15. The van der Waals surface area contributed by atoms with E-state index < -0.39 is 0 Å². The molecule has 0 saturated carbocycles. The fourth-order valence-electron chi connectivity index (χ4n) is 1.99. The topological polar surface area (TPSA) is 21.3 Å². The van der Waals surface area contributed by atoms with E-state index in [1.165, 1.54) is 16.0 Å². The van der Waals surface area contributed by atoms with E-state index in [1.54, 1.807) is 7.11 Å². The van der Waals surface area contributed by atoms with E-state index in [1.807, 2.05) is 11.8 Å². The van der Waals surface area contributed by atoms with Gasteiger partial charge in [-0.15, -0.1) is 11.8 Å². The molecule has 0 unspecified atom stereocenters. The molecule has 3 heteroatoms. The van der Waals surface area contributed by atoms with Crippen molar-refractivity contribution in [1.82, 2.24) is 5.32 Å². The summed E-state index contributed by atoms with van der Waals surface area (Å²) in [6, 6.07) is 19.0. The fraction of sp³-hybridized carbons (Fsp3) is 0.294. The Kier molecular flexibility index (Phi) is 6.64. The lowest BCUT2D eigenvalue weighted by atomic mass is 10.1. The highest BCUT2D eigenvalue weighted by Gasteiger charge is 1.96. The molecule has 2 nitrogen and oxygen atoms in total. The van der Waals surface area contributed by atoms with Crippen molar-refractivity contribution in [3.8, 4) is 0 Å². The van der Waals surface area contributed by atoms with Crippen LogP contribution >= 0.6 is 11.8 Å². The van der Waals surface area contributed by atoms with Crippen LogP contribution in [0, 0.1) is 0 Å². The van der Waals surface area contributed by atoms with E-state index in [2.05, 4.69) is 59.9 Å². The Morgan fingerprint density at radius 2 is 1.80 bits per heavy atom. The van der Waals surface area contributed by atoms with Gasteiger partial charge in [-0.05, 0) is 23.3 Å². The molecular formula is C17H21NOS. The van der Waals surface area contributed by atoms with Gasteiger partial charge in [-0.1, -0.05) is 42.5 Å². The fourth-order valence-corrected chi connectivity index (χ4v) is 2.82. The predicted octanol–water partition coefficient (Wildman–Crippen LogP) is 3.71. The third-order valence-corrected chi connectivity index (χ3v) is 3.94. The Balaban J connectivity index is 1.67. The summed E-state index contributed by atoms with van der Waals surface area (Å²) in [5, 5.41) is 3.48. The van der Waals surface area contributed by atoms with Crippen LogP contribution in [0.3, 0.4) is 0 Å². The summed E-state index contributed by atoms with van der Waals surface area (Å²) in [4.78, 5) is 1.33. The van der Waals surface area contributed by atoms with Crippen molar-refractivity contribution >= 4 is 11.8 Å². The largest absolute Gasteiger partial charge is 0.380 e. The number of rotatable bonds is 8. The second kappa shape index (κ2) is 8.80. The first-order valence-electron chi connectivity index (χ1n) is 6.84. The summed E-state index contributed by atoms with van der Waals surface area (Å²) in [5.41, 5.74) is 2.54. The van der Waals surface area contributed by atoms with Gasteiger partial charge in [0, 0.05) is 30.8 Å². The quantitative estimate of drug-likeness (QED) is 0.590. The predicted molar refractivity (Wildman–Crippen MR) is 86.0 cm³/mol. The molecule has 0 atom stereocenters. The minimum atomic E-state index is 0.678. The molecule has 0 aromatic heterocycles. The van der Waals surface area contributed by atoms with Crippen LogP contribution in [-0.4, -0.2) is 19.4 Å². The molecule has 0 aliphatic rings. The van der Waals surface area contributed by atoms with Crippen molar-refractivity contribution in [1.29, 1.82) is 0 Å². The third-order valence-electron chi connectivity index (χ3n) is 2.92. The average molecular weight is 287 g/mol. The molecule has 2 aromatic rings. The highest BCUT2D eigenvalue weighted by atomic mass is 32.2. The summed E-state index contributed by atoms with van der Waals surface area (Å²) >= 11 is 1.88.